The van der Waals surface area contributed by atoms with Gasteiger partial charge in [-0.1, -0.05) is 57.3 Å². The Morgan fingerprint density at radius 3 is 2.33 bits per heavy atom. The molecule has 64 valence electrons. The van der Waals surface area contributed by atoms with E-state index in [2.05, 4.69) is 51.9 Å². The van der Waals surface area contributed by atoms with Crippen molar-refractivity contribution in [3.8, 4) is 0 Å². The molecule has 0 aliphatic heterocycles. The molecule has 12 heavy (non-hydrogen) atoms. The van der Waals surface area contributed by atoms with Crippen LogP contribution in [0.25, 0.3) is 0 Å². The predicted molar refractivity (Wildman–Crippen MR) is 57.8 cm³/mol. The van der Waals surface area contributed by atoms with E-state index in [1.165, 1.54) is 11.0 Å². The van der Waals surface area contributed by atoms with Gasteiger partial charge in [0.1, 0.15) is 0 Å². The zero-order chi connectivity index (χ0) is 9.19. The first-order valence-corrected chi connectivity index (χ1v) is 4.63. The molecule has 1 heteroatoms. The first-order valence-electron chi connectivity index (χ1n) is 4.63. The maximum atomic E-state index is 2.31. The van der Waals surface area contributed by atoms with Crippen LogP contribution in [0.3, 0.4) is 0 Å². The van der Waals surface area contributed by atoms with Gasteiger partial charge in [0.2, 0.25) is 0 Å². The maximum absolute atomic E-state index is 2.31. The average Bonchev–Trinajstić information content (AvgIpc) is 2.03. The maximum Gasteiger partial charge on any atom is 0.154 e. The molecule has 0 heterocycles. The SMILES string of the molecule is CBc1cccc(C(C)(C)C)c1. The summed E-state index contributed by atoms with van der Waals surface area (Å²) in [7, 11) is 1.13. The Morgan fingerprint density at radius 1 is 1.17 bits per heavy atom. The van der Waals surface area contributed by atoms with Gasteiger partial charge in [0.15, 0.2) is 7.28 Å². The summed E-state index contributed by atoms with van der Waals surface area (Å²) in [6.45, 7) is 8.95. The molecule has 1 aromatic carbocycles. The van der Waals surface area contributed by atoms with E-state index in [0.29, 0.717) is 0 Å². The van der Waals surface area contributed by atoms with Crippen LogP contribution in [-0.4, -0.2) is 7.28 Å². The molecule has 0 unspecified atom stereocenters. The standard InChI is InChI=1S/C11H17B/c1-11(2,3)9-6-5-7-10(8-9)12-4/h5-8,12H,1-4H3. The molecule has 0 nitrogen and oxygen atoms in total. The van der Waals surface area contributed by atoms with Crippen LogP contribution in [0.5, 0.6) is 0 Å². The molecule has 1 rings (SSSR count). The van der Waals surface area contributed by atoms with Crippen LogP contribution in [0.15, 0.2) is 24.3 Å². The minimum Gasteiger partial charge on any atom is -0.0849 e. The fourth-order valence-corrected chi connectivity index (χ4v) is 1.26. The molecular weight excluding hydrogens is 143 g/mol. The molecule has 0 aliphatic rings. The van der Waals surface area contributed by atoms with Crippen LogP contribution < -0.4 is 5.46 Å². The highest BCUT2D eigenvalue weighted by molar-refractivity contribution is 6.51. The van der Waals surface area contributed by atoms with Crippen LogP contribution in [-0.2, 0) is 5.41 Å². The molecule has 0 N–H and O–H groups in total. The minimum atomic E-state index is 0.283. The third-order valence-electron chi connectivity index (χ3n) is 2.20. The molecule has 1 aromatic rings. The van der Waals surface area contributed by atoms with Gasteiger partial charge < -0.3 is 0 Å². The molecule has 0 fully saturated rings. The zero-order valence-corrected chi connectivity index (χ0v) is 8.52. The fraction of sp³-hybridized carbons (Fsp3) is 0.455. The highest BCUT2D eigenvalue weighted by atomic mass is 14.2. The van der Waals surface area contributed by atoms with Gasteiger partial charge in [0.25, 0.3) is 0 Å². The smallest absolute Gasteiger partial charge is 0.0849 e. The fourth-order valence-electron chi connectivity index (χ4n) is 1.26. The van der Waals surface area contributed by atoms with Crippen molar-refractivity contribution in [2.24, 2.45) is 0 Å². The molecule has 0 aliphatic carbocycles. The number of hydrogen-bond donors (Lipinski definition) is 0. The molecule has 0 spiro atoms. The normalized spacial score (nSPS) is 11.3. The van der Waals surface area contributed by atoms with Gasteiger partial charge in [-0.05, 0) is 11.0 Å². The summed E-state index contributed by atoms with van der Waals surface area (Å²) < 4.78 is 0. The number of hydrogen-bond acceptors (Lipinski definition) is 0. The van der Waals surface area contributed by atoms with Gasteiger partial charge in [-0.15, -0.1) is 0 Å². The van der Waals surface area contributed by atoms with Crippen LogP contribution in [0.1, 0.15) is 26.3 Å². The van der Waals surface area contributed by atoms with E-state index in [9.17, 15) is 0 Å². The van der Waals surface area contributed by atoms with Crippen molar-refractivity contribution in [1.82, 2.24) is 0 Å². The van der Waals surface area contributed by atoms with E-state index in [0.717, 1.165) is 7.28 Å². The highest BCUT2D eigenvalue weighted by Crippen LogP contribution is 2.20. The lowest BCUT2D eigenvalue weighted by molar-refractivity contribution is 0.591. The first-order chi connectivity index (χ1) is 5.54. The van der Waals surface area contributed by atoms with E-state index in [1.54, 1.807) is 0 Å². The molecule has 0 bridgehead atoms. The summed E-state index contributed by atoms with van der Waals surface area (Å²) in [6.07, 6.45) is 0. The third-order valence-corrected chi connectivity index (χ3v) is 2.20. The van der Waals surface area contributed by atoms with Crippen molar-refractivity contribution in [2.75, 3.05) is 0 Å². The van der Waals surface area contributed by atoms with Crippen LogP contribution >= 0.6 is 0 Å². The Bertz CT molecular complexity index is 258. The van der Waals surface area contributed by atoms with E-state index in [1.807, 2.05) is 0 Å². The van der Waals surface area contributed by atoms with Gasteiger partial charge in [-0.2, -0.15) is 0 Å². The Balaban J connectivity index is 3.02. The van der Waals surface area contributed by atoms with E-state index in [-0.39, 0.29) is 5.41 Å². The molecule has 0 aromatic heterocycles. The van der Waals surface area contributed by atoms with Gasteiger partial charge in [0.05, 0.1) is 0 Å². The van der Waals surface area contributed by atoms with Gasteiger partial charge in [-0.3, -0.25) is 0 Å². The molecule has 0 radical (unpaired) electrons. The third kappa shape index (κ3) is 2.13. The van der Waals surface area contributed by atoms with E-state index >= 15 is 0 Å². The van der Waals surface area contributed by atoms with Crippen LogP contribution in [0.2, 0.25) is 6.82 Å². The summed E-state index contributed by atoms with van der Waals surface area (Å²) in [6, 6.07) is 8.85. The molecule has 0 amide bonds. The van der Waals surface area contributed by atoms with Crippen molar-refractivity contribution >= 4 is 12.7 Å². The summed E-state index contributed by atoms with van der Waals surface area (Å²) in [5, 5.41) is 0. The summed E-state index contributed by atoms with van der Waals surface area (Å²) >= 11 is 0. The molecule has 0 atom stereocenters. The Morgan fingerprint density at radius 2 is 1.83 bits per heavy atom. The summed E-state index contributed by atoms with van der Waals surface area (Å²) in [4.78, 5) is 0. The molecule has 0 saturated carbocycles. The quantitative estimate of drug-likeness (QED) is 0.552. The van der Waals surface area contributed by atoms with Crippen molar-refractivity contribution < 1.29 is 0 Å². The van der Waals surface area contributed by atoms with Gasteiger partial charge in [0, 0.05) is 0 Å². The lowest BCUT2D eigenvalue weighted by Gasteiger charge is -2.19. The van der Waals surface area contributed by atoms with Gasteiger partial charge in [-0.25, -0.2) is 0 Å². The minimum absolute atomic E-state index is 0.283. The Hall–Kier alpha value is -0.715. The first kappa shape index (κ1) is 9.37. The number of benzene rings is 1. The highest BCUT2D eigenvalue weighted by Gasteiger charge is 2.12. The monoisotopic (exact) mass is 160 g/mol. The van der Waals surface area contributed by atoms with Crippen LogP contribution in [0.4, 0.5) is 0 Å². The summed E-state index contributed by atoms with van der Waals surface area (Å²) in [5.74, 6) is 0. The predicted octanol–water partition coefficient (Wildman–Crippen LogP) is 2.09. The Labute approximate surface area is 76.2 Å². The molecular formula is C11H17B. The molecule has 0 saturated heterocycles. The van der Waals surface area contributed by atoms with Gasteiger partial charge >= 0.3 is 0 Å². The average molecular weight is 160 g/mol. The van der Waals surface area contributed by atoms with E-state index < -0.39 is 0 Å². The second-order valence-electron chi connectivity index (χ2n) is 4.30. The zero-order valence-electron chi connectivity index (χ0n) is 8.52. The second kappa shape index (κ2) is 3.34. The lowest BCUT2D eigenvalue weighted by Crippen LogP contribution is -2.17. The second-order valence-corrected chi connectivity index (χ2v) is 4.30. The summed E-state index contributed by atoms with van der Waals surface area (Å²) in [5.41, 5.74) is 3.15. The Kier molecular flexibility index (Phi) is 2.61. The number of rotatable bonds is 1. The lowest BCUT2D eigenvalue weighted by atomic mass is 9.71. The van der Waals surface area contributed by atoms with Crippen molar-refractivity contribution in [1.29, 1.82) is 0 Å². The van der Waals surface area contributed by atoms with Crippen molar-refractivity contribution in [2.45, 2.75) is 33.0 Å². The van der Waals surface area contributed by atoms with Crippen molar-refractivity contribution in [3.05, 3.63) is 29.8 Å². The van der Waals surface area contributed by atoms with Crippen LogP contribution in [0, 0.1) is 0 Å². The largest absolute Gasteiger partial charge is 0.154 e. The topological polar surface area (TPSA) is 0 Å². The van der Waals surface area contributed by atoms with Crippen molar-refractivity contribution in [3.63, 3.8) is 0 Å². The van der Waals surface area contributed by atoms with E-state index in [4.69, 9.17) is 0 Å².